The summed E-state index contributed by atoms with van der Waals surface area (Å²) in [6.07, 6.45) is 89.0. The van der Waals surface area contributed by atoms with E-state index in [4.69, 9.17) is 14.2 Å². The normalized spacial score (nSPS) is 13.0. The molecule has 0 spiro atoms. The molecule has 0 aromatic carbocycles. The molecule has 430 valence electrons. The summed E-state index contributed by atoms with van der Waals surface area (Å²) in [4.78, 5) is 38.1. The number of ether oxygens (including phenoxy) is 3. The topological polar surface area (TPSA) is 78.9 Å². The third-order valence-corrected chi connectivity index (χ3v) is 12.8. The van der Waals surface area contributed by atoms with Crippen molar-refractivity contribution < 1.29 is 28.6 Å². The van der Waals surface area contributed by atoms with Crippen molar-refractivity contribution in [2.45, 2.75) is 277 Å². The Balaban J connectivity index is 4.15. The minimum absolute atomic E-state index is 0.0909. The van der Waals surface area contributed by atoms with Crippen LogP contribution in [0.5, 0.6) is 0 Å². The SMILES string of the molecule is CC/C=C\C/C=C\C/C=C\C/C=C\C/C=C\C/C=C\C/C=C\C/C=C\CCCCCCCCCCCCC(=O)OCC(COC(=O)CCCCCCC/C=C\CCC)OC(=O)CCCCCCC/C=C\C/C=C\CCC. The lowest BCUT2D eigenvalue weighted by molar-refractivity contribution is -0.167. The number of hydrogen-bond acceptors (Lipinski definition) is 6. The molecule has 76 heavy (non-hydrogen) atoms. The third kappa shape index (κ3) is 60.4. The van der Waals surface area contributed by atoms with Crippen molar-refractivity contribution in [1.82, 2.24) is 0 Å². The van der Waals surface area contributed by atoms with E-state index >= 15 is 0 Å². The summed E-state index contributed by atoms with van der Waals surface area (Å²) in [7, 11) is 0. The number of rotatable bonds is 55. The van der Waals surface area contributed by atoms with Gasteiger partial charge in [0.15, 0.2) is 6.10 Å². The minimum Gasteiger partial charge on any atom is -0.462 e. The van der Waals surface area contributed by atoms with Gasteiger partial charge in [-0.3, -0.25) is 14.4 Å². The Kier molecular flexibility index (Phi) is 59.4. The molecule has 0 amide bonds. The third-order valence-electron chi connectivity index (χ3n) is 12.8. The molecule has 0 aromatic heterocycles. The molecule has 0 rings (SSSR count). The monoisotopic (exact) mass is 1050 g/mol. The van der Waals surface area contributed by atoms with E-state index in [2.05, 4.69) is 154 Å². The second-order valence-corrected chi connectivity index (χ2v) is 20.2. The number of carbonyl (C=O) groups excluding carboxylic acids is 3. The highest BCUT2D eigenvalue weighted by Crippen LogP contribution is 2.15. The summed E-state index contributed by atoms with van der Waals surface area (Å²) < 4.78 is 16.8. The molecule has 0 radical (unpaired) electrons. The van der Waals surface area contributed by atoms with E-state index in [-0.39, 0.29) is 31.1 Å². The number of unbranched alkanes of at least 4 members (excludes halogenated alkanes) is 22. The molecule has 6 nitrogen and oxygen atoms in total. The highest BCUT2D eigenvalue weighted by molar-refractivity contribution is 5.71. The highest BCUT2D eigenvalue weighted by Gasteiger charge is 2.19. The van der Waals surface area contributed by atoms with Crippen LogP contribution < -0.4 is 0 Å². The van der Waals surface area contributed by atoms with Gasteiger partial charge in [-0.1, -0.05) is 257 Å². The van der Waals surface area contributed by atoms with Gasteiger partial charge in [0.05, 0.1) is 0 Å². The molecule has 1 unspecified atom stereocenters. The number of hydrogen-bond donors (Lipinski definition) is 0. The lowest BCUT2D eigenvalue weighted by Crippen LogP contribution is -2.30. The van der Waals surface area contributed by atoms with Gasteiger partial charge in [0, 0.05) is 19.3 Å². The Morgan fingerprint density at radius 3 is 0.829 bits per heavy atom. The molecule has 0 saturated carbocycles. The molecule has 0 bridgehead atoms. The van der Waals surface area contributed by atoms with Gasteiger partial charge in [-0.25, -0.2) is 0 Å². The fraction of sp³-hybridized carbons (Fsp3) is 0.643. The van der Waals surface area contributed by atoms with Crippen molar-refractivity contribution >= 4 is 17.9 Å². The van der Waals surface area contributed by atoms with Crippen LogP contribution in [0.4, 0.5) is 0 Å². The molecule has 0 N–H and O–H groups in total. The molecule has 0 fully saturated rings. The summed E-state index contributed by atoms with van der Waals surface area (Å²) in [5, 5.41) is 0. The average molecular weight is 1050 g/mol. The van der Waals surface area contributed by atoms with E-state index in [1.807, 2.05) is 0 Å². The standard InChI is InChI=1S/C70H114O6/c1-4-7-10-13-16-19-22-24-25-26-27-28-29-30-31-32-33-34-35-36-37-38-39-40-41-42-43-44-45-47-48-51-54-57-60-63-69(72)75-66-67(65-74-68(71)62-59-56-53-50-21-18-15-12-9-6-3)76-70(73)64-61-58-55-52-49-46-23-20-17-14-11-8-5-2/h7,10-12,14-16,19-20,23-25,27-28,30-31,33-34,36-37,39-40,67H,4-6,8-9,13,17-18,21-22,26,29,32,35,38,41-66H2,1-3H3/b10-7-,14-11-,15-12-,19-16-,23-20-,25-24-,28-27-,31-30-,34-33-,37-36-,40-39-. The zero-order valence-electron chi connectivity index (χ0n) is 49.2. The quantitative estimate of drug-likeness (QED) is 0.0261. The maximum absolute atomic E-state index is 12.8. The van der Waals surface area contributed by atoms with Crippen molar-refractivity contribution in [3.63, 3.8) is 0 Å². The Hall–Kier alpha value is -4.45. The molecule has 0 aliphatic carbocycles. The van der Waals surface area contributed by atoms with Crippen molar-refractivity contribution in [3.8, 4) is 0 Å². The molecule has 0 saturated heterocycles. The van der Waals surface area contributed by atoms with Crippen molar-refractivity contribution in [3.05, 3.63) is 134 Å². The molecule has 1 atom stereocenters. The number of carbonyl (C=O) groups is 3. The lowest BCUT2D eigenvalue weighted by Gasteiger charge is -2.18. The fourth-order valence-electron chi connectivity index (χ4n) is 8.20. The van der Waals surface area contributed by atoms with Gasteiger partial charge >= 0.3 is 17.9 Å². The van der Waals surface area contributed by atoms with Gasteiger partial charge in [-0.05, 0) is 128 Å². The van der Waals surface area contributed by atoms with E-state index in [0.717, 1.165) is 167 Å². The fourth-order valence-corrected chi connectivity index (χ4v) is 8.20. The van der Waals surface area contributed by atoms with Crippen LogP contribution >= 0.6 is 0 Å². The van der Waals surface area contributed by atoms with E-state index in [1.54, 1.807) is 0 Å². The second kappa shape index (κ2) is 63.1. The maximum Gasteiger partial charge on any atom is 0.306 e. The van der Waals surface area contributed by atoms with Gasteiger partial charge in [0.25, 0.3) is 0 Å². The van der Waals surface area contributed by atoms with E-state index in [0.29, 0.717) is 19.3 Å². The first kappa shape index (κ1) is 71.5. The number of esters is 3. The zero-order valence-corrected chi connectivity index (χ0v) is 49.2. The van der Waals surface area contributed by atoms with Crippen LogP contribution in [0, 0.1) is 0 Å². The maximum atomic E-state index is 12.8. The van der Waals surface area contributed by atoms with Crippen LogP contribution in [0.3, 0.4) is 0 Å². The average Bonchev–Trinajstić information content (AvgIpc) is 3.42. The van der Waals surface area contributed by atoms with Gasteiger partial charge in [-0.2, -0.15) is 0 Å². The van der Waals surface area contributed by atoms with Crippen LogP contribution in [-0.2, 0) is 28.6 Å². The first-order chi connectivity index (χ1) is 37.5. The summed E-state index contributed by atoms with van der Waals surface area (Å²) in [5.41, 5.74) is 0. The molecule has 0 aromatic rings. The van der Waals surface area contributed by atoms with Crippen LogP contribution in [0.2, 0.25) is 0 Å². The van der Waals surface area contributed by atoms with Gasteiger partial charge in [-0.15, -0.1) is 0 Å². The van der Waals surface area contributed by atoms with E-state index in [1.165, 1.54) is 64.2 Å². The number of allylic oxidation sites excluding steroid dienone is 22. The molecule has 6 heteroatoms. The van der Waals surface area contributed by atoms with Gasteiger partial charge in [0.2, 0.25) is 0 Å². The smallest absolute Gasteiger partial charge is 0.306 e. The molecular formula is C70H114O6. The van der Waals surface area contributed by atoms with Crippen molar-refractivity contribution in [2.75, 3.05) is 13.2 Å². The predicted octanol–water partition coefficient (Wildman–Crippen LogP) is 21.4. The summed E-state index contributed by atoms with van der Waals surface area (Å²) in [5.74, 6) is -0.922. The molecule has 0 aliphatic heterocycles. The van der Waals surface area contributed by atoms with Crippen molar-refractivity contribution in [2.24, 2.45) is 0 Å². The van der Waals surface area contributed by atoms with Gasteiger partial charge < -0.3 is 14.2 Å². The largest absolute Gasteiger partial charge is 0.462 e. The van der Waals surface area contributed by atoms with Crippen LogP contribution in [0.25, 0.3) is 0 Å². The van der Waals surface area contributed by atoms with Gasteiger partial charge in [0.1, 0.15) is 13.2 Å². The van der Waals surface area contributed by atoms with E-state index in [9.17, 15) is 14.4 Å². The first-order valence-corrected chi connectivity index (χ1v) is 31.2. The zero-order chi connectivity index (χ0) is 55.0. The summed E-state index contributed by atoms with van der Waals surface area (Å²) in [6, 6.07) is 0. The second-order valence-electron chi connectivity index (χ2n) is 20.2. The van der Waals surface area contributed by atoms with E-state index < -0.39 is 6.10 Å². The van der Waals surface area contributed by atoms with Crippen molar-refractivity contribution in [1.29, 1.82) is 0 Å². The minimum atomic E-state index is -0.792. The Bertz CT molecular complexity index is 1630. The van der Waals surface area contributed by atoms with Crippen LogP contribution in [-0.4, -0.2) is 37.2 Å². The Morgan fingerprint density at radius 2 is 0.513 bits per heavy atom. The predicted molar refractivity (Wildman–Crippen MR) is 329 cm³/mol. The molecule has 0 aliphatic rings. The Labute approximate surface area is 468 Å². The summed E-state index contributed by atoms with van der Waals surface area (Å²) in [6.45, 7) is 6.37. The van der Waals surface area contributed by atoms with Crippen LogP contribution in [0.15, 0.2) is 134 Å². The molecule has 0 heterocycles. The summed E-state index contributed by atoms with van der Waals surface area (Å²) >= 11 is 0. The lowest BCUT2D eigenvalue weighted by atomic mass is 10.1. The highest BCUT2D eigenvalue weighted by atomic mass is 16.6. The van der Waals surface area contributed by atoms with Crippen LogP contribution in [0.1, 0.15) is 271 Å². The molecular weight excluding hydrogens is 937 g/mol. The first-order valence-electron chi connectivity index (χ1n) is 31.2. The Morgan fingerprint density at radius 1 is 0.276 bits per heavy atom.